The number of carbonyl (C=O) groups is 1. The van der Waals surface area contributed by atoms with Gasteiger partial charge in [-0.25, -0.2) is 0 Å². The summed E-state index contributed by atoms with van der Waals surface area (Å²) in [5.74, 6) is 0. The van der Waals surface area contributed by atoms with Gasteiger partial charge in [0.25, 0.3) is 0 Å². The molecule has 0 radical (unpaired) electrons. The lowest BCUT2D eigenvalue weighted by atomic mass is 9.84. The fraction of sp³-hybridized carbons (Fsp3) is 0.500. The minimum Gasteiger partial charge on any atom is -0.302 e. The molecule has 2 heteroatoms. The van der Waals surface area contributed by atoms with E-state index in [1.54, 1.807) is 0 Å². The molecule has 0 amide bonds. The van der Waals surface area contributed by atoms with E-state index in [1.165, 1.54) is 0 Å². The van der Waals surface area contributed by atoms with Gasteiger partial charge in [-0.2, -0.15) is 0 Å². The quantitative estimate of drug-likeness (QED) is 0.669. The molecular weight excluding hydrogens is 174 g/mol. The van der Waals surface area contributed by atoms with Gasteiger partial charge in [0.2, 0.25) is 0 Å². The van der Waals surface area contributed by atoms with E-state index >= 15 is 0 Å². The molecule has 0 aliphatic heterocycles. The molecule has 1 aliphatic rings. The number of aromatic nitrogens is 1. The van der Waals surface area contributed by atoms with Crippen LogP contribution in [-0.2, 0) is 10.2 Å². The van der Waals surface area contributed by atoms with Crippen molar-refractivity contribution in [2.24, 2.45) is 0 Å². The molecule has 0 atom stereocenters. The van der Waals surface area contributed by atoms with Crippen LogP contribution in [0.1, 0.15) is 37.1 Å². The first-order valence-electron chi connectivity index (χ1n) is 5.17. The molecule has 0 spiro atoms. The van der Waals surface area contributed by atoms with Crippen LogP contribution < -0.4 is 0 Å². The third kappa shape index (κ3) is 1.45. The molecule has 2 nitrogen and oxygen atoms in total. The Kier molecular flexibility index (Phi) is 2.36. The summed E-state index contributed by atoms with van der Waals surface area (Å²) in [5, 5.41) is 0. The molecule has 0 bridgehead atoms. The van der Waals surface area contributed by atoms with Gasteiger partial charge in [0.15, 0.2) is 0 Å². The molecule has 0 saturated heterocycles. The molecule has 1 aromatic rings. The Morgan fingerprint density at radius 2 is 2.07 bits per heavy atom. The third-order valence-corrected chi connectivity index (χ3v) is 3.12. The van der Waals surface area contributed by atoms with Gasteiger partial charge in [-0.05, 0) is 31.9 Å². The molecule has 0 aromatic carbocycles. The predicted octanol–water partition coefficient (Wildman–Crippen LogP) is 2.40. The second-order valence-corrected chi connectivity index (χ2v) is 4.15. The highest BCUT2D eigenvalue weighted by molar-refractivity contribution is 5.68. The first kappa shape index (κ1) is 9.38. The van der Waals surface area contributed by atoms with Gasteiger partial charge in [0, 0.05) is 5.69 Å². The minimum atomic E-state index is -0.272. The number of rotatable bonds is 2. The highest BCUT2D eigenvalue weighted by Gasteiger charge is 2.36. The first-order chi connectivity index (χ1) is 6.77. The molecule has 2 rings (SSSR count). The Morgan fingerprint density at radius 1 is 1.36 bits per heavy atom. The summed E-state index contributed by atoms with van der Waals surface area (Å²) in [4.78, 5) is 15.7. The fourth-order valence-corrected chi connectivity index (χ4v) is 2.26. The van der Waals surface area contributed by atoms with Crippen LogP contribution in [-0.4, -0.2) is 11.3 Å². The average Bonchev–Trinajstić information content (AvgIpc) is 2.67. The second-order valence-electron chi connectivity index (χ2n) is 4.15. The maximum atomic E-state index is 11.2. The Balaban J connectivity index is 2.40. The standard InChI is InChI=1S/C12H15NO/c1-10-5-4-6-11(13-10)12(9-14)7-2-3-8-12/h4-6,9H,2-3,7-8H2,1H3. The van der Waals surface area contributed by atoms with Crippen molar-refractivity contribution >= 4 is 6.29 Å². The fourth-order valence-electron chi connectivity index (χ4n) is 2.26. The molecule has 1 fully saturated rings. The van der Waals surface area contributed by atoms with Crippen molar-refractivity contribution in [2.45, 2.75) is 38.0 Å². The van der Waals surface area contributed by atoms with Crippen LogP contribution in [0.25, 0.3) is 0 Å². The summed E-state index contributed by atoms with van der Waals surface area (Å²) >= 11 is 0. The van der Waals surface area contributed by atoms with Crippen molar-refractivity contribution < 1.29 is 4.79 Å². The van der Waals surface area contributed by atoms with Gasteiger partial charge >= 0.3 is 0 Å². The number of pyridine rings is 1. The van der Waals surface area contributed by atoms with E-state index in [0.29, 0.717) is 0 Å². The maximum Gasteiger partial charge on any atom is 0.132 e. The number of aldehydes is 1. The third-order valence-electron chi connectivity index (χ3n) is 3.12. The summed E-state index contributed by atoms with van der Waals surface area (Å²) in [6.07, 6.45) is 5.32. The molecule has 74 valence electrons. The Labute approximate surface area is 84.4 Å². The normalized spacial score (nSPS) is 19.5. The number of aryl methyl sites for hydroxylation is 1. The van der Waals surface area contributed by atoms with Crippen LogP contribution in [0.15, 0.2) is 18.2 Å². The summed E-state index contributed by atoms with van der Waals surface area (Å²) in [6.45, 7) is 1.97. The van der Waals surface area contributed by atoms with Gasteiger partial charge in [-0.3, -0.25) is 4.98 Å². The zero-order chi connectivity index (χ0) is 10.0. The predicted molar refractivity (Wildman–Crippen MR) is 55.2 cm³/mol. The van der Waals surface area contributed by atoms with Crippen molar-refractivity contribution in [3.8, 4) is 0 Å². The number of hydrogen-bond acceptors (Lipinski definition) is 2. The molecule has 14 heavy (non-hydrogen) atoms. The SMILES string of the molecule is Cc1cccc(C2(C=O)CCCC2)n1. The molecular formula is C12H15NO. The van der Waals surface area contributed by atoms with Gasteiger partial charge in [-0.1, -0.05) is 18.9 Å². The van der Waals surface area contributed by atoms with Crippen LogP contribution in [0.3, 0.4) is 0 Å². The largest absolute Gasteiger partial charge is 0.302 e. The zero-order valence-electron chi connectivity index (χ0n) is 8.49. The van der Waals surface area contributed by atoms with Crippen LogP contribution >= 0.6 is 0 Å². The van der Waals surface area contributed by atoms with E-state index < -0.39 is 0 Å². The van der Waals surface area contributed by atoms with Gasteiger partial charge in [0.05, 0.1) is 11.1 Å². The topological polar surface area (TPSA) is 30.0 Å². The molecule has 1 heterocycles. The summed E-state index contributed by atoms with van der Waals surface area (Å²) in [7, 11) is 0. The van der Waals surface area contributed by atoms with Gasteiger partial charge in [0.1, 0.15) is 6.29 Å². The molecule has 1 aliphatic carbocycles. The maximum absolute atomic E-state index is 11.2. The van der Waals surface area contributed by atoms with Gasteiger partial charge in [-0.15, -0.1) is 0 Å². The summed E-state index contributed by atoms with van der Waals surface area (Å²) in [6, 6.07) is 5.94. The Bertz CT molecular complexity index is 340. The van der Waals surface area contributed by atoms with E-state index in [9.17, 15) is 4.79 Å². The number of carbonyl (C=O) groups excluding carboxylic acids is 1. The van der Waals surface area contributed by atoms with E-state index in [0.717, 1.165) is 43.4 Å². The molecule has 1 saturated carbocycles. The van der Waals surface area contributed by atoms with Crippen molar-refractivity contribution in [3.05, 3.63) is 29.6 Å². The Hall–Kier alpha value is -1.18. The molecule has 0 unspecified atom stereocenters. The van der Waals surface area contributed by atoms with Gasteiger partial charge < -0.3 is 4.79 Å². The minimum absolute atomic E-state index is 0.272. The summed E-state index contributed by atoms with van der Waals surface area (Å²) < 4.78 is 0. The van der Waals surface area contributed by atoms with Crippen LogP contribution in [0, 0.1) is 6.92 Å². The van der Waals surface area contributed by atoms with Crippen molar-refractivity contribution in [2.75, 3.05) is 0 Å². The van der Waals surface area contributed by atoms with Crippen molar-refractivity contribution in [3.63, 3.8) is 0 Å². The van der Waals surface area contributed by atoms with E-state index in [-0.39, 0.29) is 5.41 Å². The van der Waals surface area contributed by atoms with Crippen molar-refractivity contribution in [1.29, 1.82) is 0 Å². The number of hydrogen-bond donors (Lipinski definition) is 0. The van der Waals surface area contributed by atoms with E-state index in [2.05, 4.69) is 4.98 Å². The smallest absolute Gasteiger partial charge is 0.132 e. The average molecular weight is 189 g/mol. The first-order valence-corrected chi connectivity index (χ1v) is 5.17. The monoisotopic (exact) mass is 189 g/mol. The highest BCUT2D eigenvalue weighted by Crippen LogP contribution is 2.38. The lowest BCUT2D eigenvalue weighted by molar-refractivity contribution is -0.112. The second kappa shape index (κ2) is 3.52. The lowest BCUT2D eigenvalue weighted by Gasteiger charge is -2.21. The summed E-state index contributed by atoms with van der Waals surface area (Å²) in [5.41, 5.74) is 1.69. The molecule has 0 N–H and O–H groups in total. The van der Waals surface area contributed by atoms with E-state index in [1.807, 2.05) is 25.1 Å². The zero-order valence-corrected chi connectivity index (χ0v) is 8.49. The van der Waals surface area contributed by atoms with Crippen LogP contribution in [0.5, 0.6) is 0 Å². The number of nitrogens with zero attached hydrogens (tertiary/aromatic N) is 1. The van der Waals surface area contributed by atoms with E-state index in [4.69, 9.17) is 0 Å². The van der Waals surface area contributed by atoms with Crippen LogP contribution in [0.4, 0.5) is 0 Å². The molecule has 1 aromatic heterocycles. The lowest BCUT2D eigenvalue weighted by Crippen LogP contribution is -2.25. The van der Waals surface area contributed by atoms with Crippen molar-refractivity contribution in [1.82, 2.24) is 4.98 Å². The Morgan fingerprint density at radius 3 is 2.64 bits per heavy atom. The highest BCUT2D eigenvalue weighted by atomic mass is 16.1. The van der Waals surface area contributed by atoms with Crippen LogP contribution in [0.2, 0.25) is 0 Å².